The van der Waals surface area contributed by atoms with Crippen molar-refractivity contribution in [2.75, 3.05) is 56.3 Å². The molecule has 8 heteroatoms. The molecule has 150 valence electrons. The van der Waals surface area contributed by atoms with Crippen molar-refractivity contribution in [1.29, 1.82) is 0 Å². The van der Waals surface area contributed by atoms with E-state index >= 15 is 0 Å². The van der Waals surface area contributed by atoms with Crippen LogP contribution in [0.5, 0.6) is 5.75 Å². The van der Waals surface area contributed by atoms with Crippen molar-refractivity contribution in [2.24, 2.45) is 0 Å². The Hall–Kier alpha value is -2.58. The van der Waals surface area contributed by atoms with E-state index < -0.39 is 9.84 Å². The molecule has 0 radical (unpaired) electrons. The van der Waals surface area contributed by atoms with Gasteiger partial charge in [0.1, 0.15) is 5.75 Å². The Kier molecular flexibility index (Phi) is 6.21. The summed E-state index contributed by atoms with van der Waals surface area (Å²) in [6.07, 6.45) is 1.13. The lowest BCUT2D eigenvalue weighted by atomic mass is 10.2. The quantitative estimate of drug-likeness (QED) is 0.793. The van der Waals surface area contributed by atoms with Crippen LogP contribution in [0.3, 0.4) is 0 Å². The standard InChI is InChI=1S/C20H25N3O4S/c1-27-17-7-5-6-16(14-17)23-12-10-22(11-13-23)15-20(24)21-18-8-3-4-9-19(18)28(2,25)26/h3-9,14H,10-13,15H2,1-2H3,(H,21,24). The summed E-state index contributed by atoms with van der Waals surface area (Å²) in [5.41, 5.74) is 1.43. The van der Waals surface area contributed by atoms with Gasteiger partial charge < -0.3 is 15.0 Å². The lowest BCUT2D eigenvalue weighted by Crippen LogP contribution is -2.48. The van der Waals surface area contributed by atoms with Gasteiger partial charge in [0.25, 0.3) is 0 Å². The van der Waals surface area contributed by atoms with Gasteiger partial charge in [-0.3, -0.25) is 9.69 Å². The monoisotopic (exact) mass is 403 g/mol. The van der Waals surface area contributed by atoms with E-state index in [-0.39, 0.29) is 17.3 Å². The van der Waals surface area contributed by atoms with Crippen LogP contribution in [0.4, 0.5) is 11.4 Å². The second-order valence-corrected chi connectivity index (χ2v) is 8.77. The number of carbonyl (C=O) groups is 1. The van der Waals surface area contributed by atoms with Crippen molar-refractivity contribution in [2.45, 2.75) is 4.90 Å². The molecule has 0 spiro atoms. The number of amides is 1. The normalized spacial score (nSPS) is 15.3. The van der Waals surface area contributed by atoms with Crippen LogP contribution in [0.15, 0.2) is 53.4 Å². The van der Waals surface area contributed by atoms with E-state index in [9.17, 15) is 13.2 Å². The van der Waals surface area contributed by atoms with Gasteiger partial charge in [0.15, 0.2) is 9.84 Å². The molecule has 1 N–H and O–H groups in total. The molecule has 1 aliphatic rings. The lowest BCUT2D eigenvalue weighted by Gasteiger charge is -2.35. The first-order chi connectivity index (χ1) is 13.4. The molecule has 1 amide bonds. The average molecular weight is 404 g/mol. The number of nitrogens with one attached hydrogen (secondary N) is 1. The molecule has 1 saturated heterocycles. The molecule has 7 nitrogen and oxygen atoms in total. The third kappa shape index (κ3) is 5.02. The SMILES string of the molecule is COc1cccc(N2CCN(CC(=O)Nc3ccccc3S(C)(=O)=O)CC2)c1. The van der Waals surface area contributed by atoms with Crippen LogP contribution < -0.4 is 15.0 Å². The number of carbonyl (C=O) groups excluding carboxylic acids is 1. The number of hydrogen-bond donors (Lipinski definition) is 1. The van der Waals surface area contributed by atoms with Crippen LogP contribution in [0, 0.1) is 0 Å². The molecule has 0 aromatic heterocycles. The van der Waals surface area contributed by atoms with E-state index in [2.05, 4.69) is 15.1 Å². The summed E-state index contributed by atoms with van der Waals surface area (Å²) in [5.74, 6) is 0.606. The van der Waals surface area contributed by atoms with Gasteiger partial charge in [-0.25, -0.2) is 8.42 Å². The van der Waals surface area contributed by atoms with Crippen molar-refractivity contribution in [3.63, 3.8) is 0 Å². The van der Waals surface area contributed by atoms with Crippen LogP contribution in [0.2, 0.25) is 0 Å². The minimum Gasteiger partial charge on any atom is -0.497 e. The Morgan fingerprint density at radius 1 is 1.07 bits per heavy atom. The highest BCUT2D eigenvalue weighted by Crippen LogP contribution is 2.23. The molecular formula is C20H25N3O4S. The number of benzene rings is 2. The fraction of sp³-hybridized carbons (Fsp3) is 0.350. The zero-order valence-electron chi connectivity index (χ0n) is 16.1. The molecule has 0 atom stereocenters. The number of anilines is 2. The largest absolute Gasteiger partial charge is 0.497 e. The van der Waals surface area contributed by atoms with Crippen LogP contribution >= 0.6 is 0 Å². The van der Waals surface area contributed by atoms with E-state index in [1.807, 2.05) is 24.3 Å². The van der Waals surface area contributed by atoms with E-state index in [4.69, 9.17) is 4.74 Å². The molecule has 1 fully saturated rings. The van der Waals surface area contributed by atoms with Gasteiger partial charge in [-0.2, -0.15) is 0 Å². The van der Waals surface area contributed by atoms with Gasteiger partial charge in [0.2, 0.25) is 5.91 Å². The summed E-state index contributed by atoms with van der Waals surface area (Å²) in [6.45, 7) is 3.33. The fourth-order valence-corrected chi connectivity index (χ4v) is 4.10. The molecule has 28 heavy (non-hydrogen) atoms. The van der Waals surface area contributed by atoms with Crippen molar-refractivity contribution in [3.8, 4) is 5.75 Å². The summed E-state index contributed by atoms with van der Waals surface area (Å²) >= 11 is 0. The summed E-state index contributed by atoms with van der Waals surface area (Å²) in [6, 6.07) is 14.4. The van der Waals surface area contributed by atoms with Gasteiger partial charge in [-0.15, -0.1) is 0 Å². The highest BCUT2D eigenvalue weighted by Gasteiger charge is 2.21. The minimum atomic E-state index is -3.40. The van der Waals surface area contributed by atoms with E-state index in [1.54, 1.807) is 25.3 Å². The summed E-state index contributed by atoms with van der Waals surface area (Å²) < 4.78 is 29.0. The molecule has 0 unspecified atom stereocenters. The smallest absolute Gasteiger partial charge is 0.238 e. The van der Waals surface area contributed by atoms with Crippen molar-refractivity contribution in [1.82, 2.24) is 4.90 Å². The van der Waals surface area contributed by atoms with Crippen LogP contribution in [-0.2, 0) is 14.6 Å². The summed E-state index contributed by atoms with van der Waals surface area (Å²) in [7, 11) is -1.75. The van der Waals surface area contributed by atoms with Crippen molar-refractivity contribution < 1.29 is 17.9 Å². The van der Waals surface area contributed by atoms with E-state index in [1.165, 1.54) is 6.07 Å². The first-order valence-corrected chi connectivity index (χ1v) is 11.0. The Labute approximate surface area is 165 Å². The summed E-state index contributed by atoms with van der Waals surface area (Å²) in [4.78, 5) is 16.9. The molecular weight excluding hydrogens is 378 g/mol. The second kappa shape index (κ2) is 8.62. The predicted octanol–water partition coefficient (Wildman–Crippen LogP) is 1.86. The third-order valence-corrected chi connectivity index (χ3v) is 5.87. The highest BCUT2D eigenvalue weighted by molar-refractivity contribution is 7.90. The molecule has 0 bridgehead atoms. The van der Waals surface area contributed by atoms with E-state index in [0.717, 1.165) is 43.9 Å². The number of hydrogen-bond acceptors (Lipinski definition) is 6. The molecule has 2 aromatic rings. The zero-order chi connectivity index (χ0) is 20.1. The fourth-order valence-electron chi connectivity index (χ4n) is 3.26. The number of rotatable bonds is 6. The zero-order valence-corrected chi connectivity index (χ0v) is 16.9. The highest BCUT2D eigenvalue weighted by atomic mass is 32.2. The molecule has 1 aliphatic heterocycles. The Morgan fingerprint density at radius 2 is 1.79 bits per heavy atom. The number of ether oxygens (including phenoxy) is 1. The average Bonchev–Trinajstić information content (AvgIpc) is 2.68. The van der Waals surface area contributed by atoms with Gasteiger partial charge in [-0.05, 0) is 24.3 Å². The molecule has 2 aromatic carbocycles. The molecule has 0 saturated carbocycles. The van der Waals surface area contributed by atoms with Crippen LogP contribution in [-0.4, -0.2) is 65.3 Å². The first-order valence-electron chi connectivity index (χ1n) is 9.07. The number of methoxy groups -OCH3 is 1. The number of sulfone groups is 1. The Morgan fingerprint density at radius 3 is 2.46 bits per heavy atom. The first kappa shape index (κ1) is 20.2. The minimum absolute atomic E-state index is 0.131. The predicted molar refractivity (Wildman–Crippen MR) is 110 cm³/mol. The summed E-state index contributed by atoms with van der Waals surface area (Å²) in [5, 5.41) is 2.73. The maximum atomic E-state index is 12.4. The topological polar surface area (TPSA) is 79.0 Å². The molecule has 0 aliphatic carbocycles. The number of para-hydroxylation sites is 1. The maximum absolute atomic E-state index is 12.4. The van der Waals surface area contributed by atoms with Crippen molar-refractivity contribution in [3.05, 3.63) is 48.5 Å². The number of piperazine rings is 1. The van der Waals surface area contributed by atoms with Crippen LogP contribution in [0.1, 0.15) is 0 Å². The Bertz CT molecular complexity index is 938. The third-order valence-electron chi connectivity index (χ3n) is 4.72. The second-order valence-electron chi connectivity index (χ2n) is 6.78. The number of nitrogens with zero attached hydrogens (tertiary/aromatic N) is 2. The Balaban J connectivity index is 1.56. The van der Waals surface area contributed by atoms with Crippen molar-refractivity contribution >= 4 is 27.1 Å². The van der Waals surface area contributed by atoms with Gasteiger partial charge >= 0.3 is 0 Å². The van der Waals surface area contributed by atoms with Gasteiger partial charge in [-0.1, -0.05) is 18.2 Å². The van der Waals surface area contributed by atoms with Crippen LogP contribution in [0.25, 0.3) is 0 Å². The lowest BCUT2D eigenvalue weighted by molar-refractivity contribution is -0.117. The maximum Gasteiger partial charge on any atom is 0.238 e. The van der Waals surface area contributed by atoms with Gasteiger partial charge in [0, 0.05) is 44.2 Å². The van der Waals surface area contributed by atoms with Gasteiger partial charge in [0.05, 0.1) is 24.2 Å². The molecule has 1 heterocycles. The molecule has 3 rings (SSSR count). The van der Waals surface area contributed by atoms with E-state index in [0.29, 0.717) is 5.69 Å².